The van der Waals surface area contributed by atoms with Crippen LogP contribution in [-0.4, -0.2) is 50.6 Å². The van der Waals surface area contributed by atoms with Crippen LogP contribution in [0.5, 0.6) is 5.75 Å². The quantitative estimate of drug-likeness (QED) is 0.716. The fraction of sp³-hybridized carbons (Fsp3) is 0.423. The molecule has 0 aromatic heterocycles. The van der Waals surface area contributed by atoms with Crippen molar-refractivity contribution in [3.63, 3.8) is 0 Å². The van der Waals surface area contributed by atoms with E-state index in [-0.39, 0.29) is 31.3 Å². The van der Waals surface area contributed by atoms with Gasteiger partial charge >= 0.3 is 5.97 Å². The lowest BCUT2D eigenvalue weighted by molar-refractivity contribution is -0.147. The second kappa shape index (κ2) is 12.7. The van der Waals surface area contributed by atoms with Crippen LogP contribution in [0.25, 0.3) is 0 Å². The lowest BCUT2D eigenvalue weighted by Crippen LogP contribution is -2.47. The molecule has 0 unspecified atom stereocenters. The highest BCUT2D eigenvalue weighted by Crippen LogP contribution is 2.19. The minimum absolute atomic E-state index is 0.00694. The number of methoxy groups -OCH3 is 1. The highest BCUT2D eigenvalue weighted by atomic mass is 16.5. The molecule has 176 valence electrons. The molecule has 7 nitrogen and oxygen atoms in total. The number of ether oxygens (including phenoxy) is 3. The predicted molar refractivity (Wildman–Crippen MR) is 123 cm³/mol. The lowest BCUT2D eigenvalue weighted by atomic mass is 9.91. The summed E-state index contributed by atoms with van der Waals surface area (Å²) in [6.45, 7) is 0.509. The third-order valence-electron chi connectivity index (χ3n) is 5.64. The summed E-state index contributed by atoms with van der Waals surface area (Å²) in [6.07, 6.45) is 2.18. The second-order valence-electron chi connectivity index (χ2n) is 8.12. The molecule has 0 saturated heterocycles. The molecule has 7 heteroatoms. The molecule has 1 aliphatic rings. The van der Waals surface area contributed by atoms with E-state index in [1.54, 1.807) is 0 Å². The molecule has 33 heavy (non-hydrogen) atoms. The van der Waals surface area contributed by atoms with Crippen molar-refractivity contribution in [1.29, 1.82) is 0 Å². The Kier molecular flexibility index (Phi) is 9.44. The number of amides is 1. The third-order valence-corrected chi connectivity index (χ3v) is 5.64. The van der Waals surface area contributed by atoms with Crippen LogP contribution >= 0.6 is 0 Å². The molecule has 2 aromatic carbocycles. The van der Waals surface area contributed by atoms with Gasteiger partial charge in [0.15, 0.2) is 6.04 Å². The number of esters is 1. The highest BCUT2D eigenvalue weighted by Gasteiger charge is 2.28. The van der Waals surface area contributed by atoms with Gasteiger partial charge in [-0.3, -0.25) is 9.59 Å². The summed E-state index contributed by atoms with van der Waals surface area (Å²) >= 11 is 0. The van der Waals surface area contributed by atoms with Gasteiger partial charge in [-0.1, -0.05) is 42.5 Å². The van der Waals surface area contributed by atoms with E-state index in [0.717, 1.165) is 11.1 Å². The van der Waals surface area contributed by atoms with Gasteiger partial charge < -0.3 is 19.5 Å². The Balaban J connectivity index is 1.76. The number of Topliss-reactive ketones (excluding diaryl/α,β-unsaturated/α-hetero) is 1. The summed E-state index contributed by atoms with van der Waals surface area (Å²) < 4.78 is 16.1. The van der Waals surface area contributed by atoms with Gasteiger partial charge in [0.25, 0.3) is 0 Å². The fourth-order valence-corrected chi connectivity index (χ4v) is 3.78. The number of fused-ring (bicyclic) bond motifs is 2. The molecule has 1 N–H and O–H groups in total. The van der Waals surface area contributed by atoms with Crippen molar-refractivity contribution in [2.45, 2.75) is 38.1 Å². The normalized spacial score (nSPS) is 20.4. The first-order valence-corrected chi connectivity index (χ1v) is 11.3. The minimum Gasteiger partial charge on any atom is -0.491 e. The second-order valence-corrected chi connectivity index (χ2v) is 8.12. The molecule has 0 aliphatic carbocycles. The number of benzene rings is 2. The first-order valence-electron chi connectivity index (χ1n) is 11.3. The molecular weight excluding hydrogens is 422 g/mol. The van der Waals surface area contributed by atoms with E-state index in [1.807, 2.05) is 54.6 Å². The minimum atomic E-state index is -0.951. The van der Waals surface area contributed by atoms with Gasteiger partial charge in [0, 0.05) is 18.8 Å². The zero-order valence-corrected chi connectivity index (χ0v) is 19.0. The van der Waals surface area contributed by atoms with Crippen LogP contribution in [0.4, 0.5) is 0 Å². The van der Waals surface area contributed by atoms with Crippen LogP contribution in [0, 0.1) is 5.92 Å². The summed E-state index contributed by atoms with van der Waals surface area (Å²) in [5, 5.41) is 2.73. The number of carbonyl (C=O) groups excluding carboxylic acids is 3. The zero-order valence-electron chi connectivity index (χ0n) is 19.0. The molecule has 3 rings (SSSR count). The number of rotatable bonds is 4. The van der Waals surface area contributed by atoms with Crippen molar-refractivity contribution >= 4 is 17.7 Å². The standard InChI is InChI=1S/C26H31NO6/c1-31-26(30)24-18-32-14-15-33-23-9-5-8-20(16-23)11-13-22(28)17-21(25(29)27-24)12-10-19-6-3-2-4-7-19/h2-9,16,21,24H,10-15,17-18H2,1H3,(H,27,29)/t21-,24+/m1/s1. The fourth-order valence-electron chi connectivity index (χ4n) is 3.78. The molecule has 0 radical (unpaired) electrons. The van der Waals surface area contributed by atoms with E-state index < -0.39 is 17.9 Å². The summed E-state index contributed by atoms with van der Waals surface area (Å²) in [5.41, 5.74) is 2.10. The SMILES string of the molecule is COC(=O)[C@@H]1COCCOc2cccc(c2)CCC(=O)C[C@@H](CCc2ccccc2)C(=O)N1. The Labute approximate surface area is 194 Å². The summed E-state index contributed by atoms with van der Waals surface area (Å²) in [4.78, 5) is 38.1. The maximum atomic E-state index is 13.1. The van der Waals surface area contributed by atoms with Crippen LogP contribution < -0.4 is 10.1 Å². The van der Waals surface area contributed by atoms with Crippen molar-refractivity contribution in [3.05, 3.63) is 65.7 Å². The molecule has 2 bridgehead atoms. The summed E-state index contributed by atoms with van der Waals surface area (Å²) in [5.74, 6) is -0.774. The van der Waals surface area contributed by atoms with Crippen LogP contribution in [0.3, 0.4) is 0 Å². The number of carbonyl (C=O) groups is 3. The average Bonchev–Trinajstić information content (AvgIpc) is 2.84. The van der Waals surface area contributed by atoms with Crippen molar-refractivity contribution in [2.24, 2.45) is 5.92 Å². The first-order chi connectivity index (χ1) is 16.0. The van der Waals surface area contributed by atoms with Crippen LogP contribution in [0.1, 0.15) is 30.4 Å². The molecular formula is C26H31NO6. The van der Waals surface area contributed by atoms with E-state index in [0.29, 0.717) is 38.0 Å². The topological polar surface area (TPSA) is 90.9 Å². The van der Waals surface area contributed by atoms with E-state index >= 15 is 0 Å². The Bertz CT molecular complexity index is 929. The van der Waals surface area contributed by atoms with E-state index in [4.69, 9.17) is 14.2 Å². The summed E-state index contributed by atoms with van der Waals surface area (Å²) in [6, 6.07) is 16.5. The number of nitrogens with one attached hydrogen (secondary N) is 1. The van der Waals surface area contributed by atoms with E-state index in [9.17, 15) is 14.4 Å². The Morgan fingerprint density at radius 1 is 1.06 bits per heavy atom. The van der Waals surface area contributed by atoms with Crippen LogP contribution in [0.2, 0.25) is 0 Å². The molecule has 1 aliphatic heterocycles. The number of aryl methyl sites for hydroxylation is 2. The Hall–Kier alpha value is -3.19. The zero-order chi connectivity index (χ0) is 23.5. The molecule has 2 aromatic rings. The van der Waals surface area contributed by atoms with Gasteiger partial charge in [-0.25, -0.2) is 4.79 Å². The number of hydrogen-bond donors (Lipinski definition) is 1. The monoisotopic (exact) mass is 453 g/mol. The van der Waals surface area contributed by atoms with E-state index in [1.165, 1.54) is 7.11 Å². The number of ketones is 1. The Morgan fingerprint density at radius 3 is 2.67 bits per heavy atom. The van der Waals surface area contributed by atoms with Gasteiger partial charge in [0.05, 0.1) is 20.3 Å². The molecule has 0 spiro atoms. The van der Waals surface area contributed by atoms with Crippen LogP contribution in [-0.2, 0) is 36.7 Å². The van der Waals surface area contributed by atoms with Crippen molar-refractivity contribution in [3.8, 4) is 5.75 Å². The van der Waals surface area contributed by atoms with Crippen molar-refractivity contribution in [1.82, 2.24) is 5.32 Å². The smallest absolute Gasteiger partial charge is 0.330 e. The summed E-state index contributed by atoms with van der Waals surface area (Å²) in [7, 11) is 1.26. The average molecular weight is 454 g/mol. The van der Waals surface area contributed by atoms with Gasteiger partial charge in [0.1, 0.15) is 18.1 Å². The maximum Gasteiger partial charge on any atom is 0.330 e. The van der Waals surface area contributed by atoms with Crippen LogP contribution in [0.15, 0.2) is 54.6 Å². The molecule has 0 fully saturated rings. The molecule has 1 heterocycles. The molecule has 1 amide bonds. The Morgan fingerprint density at radius 2 is 1.88 bits per heavy atom. The third kappa shape index (κ3) is 8.02. The van der Waals surface area contributed by atoms with Gasteiger partial charge in [-0.05, 0) is 42.5 Å². The predicted octanol–water partition coefficient (Wildman–Crippen LogP) is 2.89. The molecule has 2 atom stereocenters. The van der Waals surface area contributed by atoms with Gasteiger partial charge in [-0.15, -0.1) is 0 Å². The van der Waals surface area contributed by atoms with Gasteiger partial charge in [0.2, 0.25) is 5.91 Å². The largest absolute Gasteiger partial charge is 0.491 e. The maximum absolute atomic E-state index is 13.1. The van der Waals surface area contributed by atoms with Gasteiger partial charge in [-0.2, -0.15) is 0 Å². The van der Waals surface area contributed by atoms with E-state index in [2.05, 4.69) is 5.32 Å². The first kappa shape index (κ1) is 24.5. The van der Waals surface area contributed by atoms with Crippen molar-refractivity contribution < 1.29 is 28.6 Å². The number of hydrogen-bond acceptors (Lipinski definition) is 6. The highest BCUT2D eigenvalue weighted by molar-refractivity contribution is 5.89. The lowest BCUT2D eigenvalue weighted by Gasteiger charge is -2.21. The molecule has 0 saturated carbocycles. The van der Waals surface area contributed by atoms with Crippen molar-refractivity contribution in [2.75, 3.05) is 26.9 Å².